The average Bonchev–Trinajstić information content (AvgIpc) is 2.20. The summed E-state index contributed by atoms with van der Waals surface area (Å²) < 4.78 is 0.983. The third kappa shape index (κ3) is 2.00. The molecule has 1 aliphatic rings. The number of hydroxylamine groups is 1. The summed E-state index contributed by atoms with van der Waals surface area (Å²) >= 11 is 3.45. The molecule has 1 aliphatic heterocycles. The van der Waals surface area contributed by atoms with Crippen LogP contribution in [-0.4, -0.2) is 18.1 Å². The van der Waals surface area contributed by atoms with Gasteiger partial charge in [-0.1, -0.05) is 0 Å². The maximum Gasteiger partial charge on any atom is 0.0809 e. The highest BCUT2D eigenvalue weighted by Crippen LogP contribution is 2.26. The molecule has 0 unspecified atom stereocenters. The molecule has 2 heterocycles. The van der Waals surface area contributed by atoms with E-state index in [0.717, 1.165) is 29.7 Å². The summed E-state index contributed by atoms with van der Waals surface area (Å²) in [4.78, 5) is 9.53. The van der Waals surface area contributed by atoms with Crippen LogP contribution in [0.5, 0.6) is 0 Å². The number of rotatable bonds is 1. The first kappa shape index (κ1) is 8.97. The molecule has 3 nitrogen and oxygen atoms in total. The van der Waals surface area contributed by atoms with Crippen LogP contribution in [0.4, 0.5) is 5.69 Å². The lowest BCUT2D eigenvalue weighted by Gasteiger charge is -2.28. The summed E-state index contributed by atoms with van der Waals surface area (Å²) in [5.74, 6) is 0. The smallest absolute Gasteiger partial charge is 0.0809 e. The van der Waals surface area contributed by atoms with Crippen molar-refractivity contribution < 1.29 is 4.84 Å². The first-order valence-corrected chi connectivity index (χ1v) is 5.17. The number of hydrogen-bond acceptors (Lipinski definition) is 3. The summed E-state index contributed by atoms with van der Waals surface area (Å²) in [5, 5.41) is 1.93. The largest absolute Gasteiger partial charge is 0.273 e. The topological polar surface area (TPSA) is 25.4 Å². The van der Waals surface area contributed by atoms with Gasteiger partial charge in [0, 0.05) is 18.9 Å². The minimum Gasteiger partial charge on any atom is -0.273 e. The maximum absolute atomic E-state index is 5.52. The van der Waals surface area contributed by atoms with Gasteiger partial charge in [-0.15, -0.1) is 0 Å². The van der Waals surface area contributed by atoms with Gasteiger partial charge >= 0.3 is 0 Å². The van der Waals surface area contributed by atoms with Gasteiger partial charge in [0.25, 0.3) is 0 Å². The van der Waals surface area contributed by atoms with Crippen molar-refractivity contribution in [1.82, 2.24) is 4.98 Å². The van der Waals surface area contributed by atoms with Crippen LogP contribution in [0.15, 0.2) is 22.9 Å². The van der Waals surface area contributed by atoms with Crippen LogP contribution < -0.4 is 5.06 Å². The Morgan fingerprint density at radius 3 is 3.08 bits per heavy atom. The van der Waals surface area contributed by atoms with E-state index in [1.807, 2.05) is 11.1 Å². The lowest BCUT2D eigenvalue weighted by atomic mass is 10.3. The van der Waals surface area contributed by atoms with E-state index in [1.54, 1.807) is 12.4 Å². The summed E-state index contributed by atoms with van der Waals surface area (Å²) in [6.45, 7) is 1.78. The molecule has 1 aromatic rings. The van der Waals surface area contributed by atoms with Crippen LogP contribution in [0.25, 0.3) is 0 Å². The second kappa shape index (κ2) is 4.07. The van der Waals surface area contributed by atoms with Crippen LogP contribution >= 0.6 is 15.9 Å². The normalized spacial score (nSPS) is 17.5. The lowest BCUT2D eigenvalue weighted by molar-refractivity contribution is 0.0775. The maximum atomic E-state index is 5.52. The highest BCUT2D eigenvalue weighted by atomic mass is 79.9. The zero-order chi connectivity index (χ0) is 9.10. The highest BCUT2D eigenvalue weighted by Gasteiger charge is 2.13. The van der Waals surface area contributed by atoms with Crippen LogP contribution in [0.1, 0.15) is 12.8 Å². The van der Waals surface area contributed by atoms with E-state index in [-0.39, 0.29) is 0 Å². The SMILES string of the molecule is Brc1cnccc1N1CCCCO1. The molecule has 1 fully saturated rings. The van der Waals surface area contributed by atoms with Crippen molar-refractivity contribution in [1.29, 1.82) is 0 Å². The van der Waals surface area contributed by atoms with Gasteiger partial charge in [0.05, 0.1) is 16.8 Å². The van der Waals surface area contributed by atoms with E-state index in [2.05, 4.69) is 20.9 Å². The van der Waals surface area contributed by atoms with Crippen LogP contribution in [0.2, 0.25) is 0 Å². The summed E-state index contributed by atoms with van der Waals surface area (Å²) in [6, 6.07) is 1.95. The molecule has 2 rings (SSSR count). The molecular weight excluding hydrogens is 232 g/mol. The molecule has 0 N–H and O–H groups in total. The first-order valence-electron chi connectivity index (χ1n) is 4.38. The number of nitrogens with zero attached hydrogens (tertiary/aromatic N) is 2. The molecule has 0 radical (unpaired) electrons. The van der Waals surface area contributed by atoms with Crippen molar-refractivity contribution in [3.8, 4) is 0 Å². The van der Waals surface area contributed by atoms with Crippen molar-refractivity contribution in [2.24, 2.45) is 0 Å². The van der Waals surface area contributed by atoms with Crippen molar-refractivity contribution >= 4 is 21.6 Å². The molecule has 1 aromatic heterocycles. The zero-order valence-electron chi connectivity index (χ0n) is 7.24. The molecule has 0 aliphatic carbocycles. The minimum atomic E-state index is 0.814. The Bertz CT molecular complexity index is 287. The summed E-state index contributed by atoms with van der Waals surface area (Å²) in [6.07, 6.45) is 5.90. The Morgan fingerprint density at radius 1 is 1.46 bits per heavy atom. The van der Waals surface area contributed by atoms with Crippen LogP contribution in [0.3, 0.4) is 0 Å². The molecule has 0 spiro atoms. The molecule has 0 amide bonds. The summed E-state index contributed by atoms with van der Waals surface area (Å²) in [7, 11) is 0. The third-order valence-electron chi connectivity index (χ3n) is 2.02. The molecule has 0 atom stereocenters. The van der Waals surface area contributed by atoms with E-state index in [9.17, 15) is 0 Å². The second-order valence-corrected chi connectivity index (χ2v) is 3.82. The number of anilines is 1. The zero-order valence-corrected chi connectivity index (χ0v) is 8.83. The molecule has 4 heteroatoms. The average molecular weight is 243 g/mol. The Kier molecular flexibility index (Phi) is 2.80. The molecule has 1 saturated heterocycles. The second-order valence-electron chi connectivity index (χ2n) is 2.97. The number of hydrogen-bond donors (Lipinski definition) is 0. The Balaban J connectivity index is 2.18. The quantitative estimate of drug-likeness (QED) is 0.757. The van der Waals surface area contributed by atoms with Gasteiger partial charge in [-0.05, 0) is 34.8 Å². The standard InChI is InChI=1S/C9H11BrN2O/c10-8-7-11-4-3-9(8)12-5-1-2-6-13-12/h3-4,7H,1-2,5-6H2. The van der Waals surface area contributed by atoms with Gasteiger partial charge in [0.2, 0.25) is 0 Å². The number of pyridine rings is 1. The van der Waals surface area contributed by atoms with Crippen molar-refractivity contribution in [2.75, 3.05) is 18.2 Å². The molecule has 0 aromatic carbocycles. The molecular formula is C9H11BrN2O. The molecule has 0 saturated carbocycles. The van der Waals surface area contributed by atoms with Gasteiger partial charge in [0.15, 0.2) is 0 Å². The van der Waals surface area contributed by atoms with E-state index in [4.69, 9.17) is 4.84 Å². The Morgan fingerprint density at radius 2 is 2.38 bits per heavy atom. The lowest BCUT2D eigenvalue weighted by Crippen LogP contribution is -2.30. The van der Waals surface area contributed by atoms with Gasteiger partial charge in [0.1, 0.15) is 0 Å². The fourth-order valence-corrected chi connectivity index (χ4v) is 1.81. The molecule has 13 heavy (non-hydrogen) atoms. The van der Waals surface area contributed by atoms with Crippen molar-refractivity contribution in [3.05, 3.63) is 22.9 Å². The number of halogens is 1. The number of aromatic nitrogens is 1. The monoisotopic (exact) mass is 242 g/mol. The molecule has 0 bridgehead atoms. The Hall–Kier alpha value is -0.610. The predicted molar refractivity (Wildman–Crippen MR) is 54.5 cm³/mol. The van der Waals surface area contributed by atoms with Gasteiger partial charge in [-0.25, -0.2) is 0 Å². The van der Waals surface area contributed by atoms with Crippen LogP contribution in [0, 0.1) is 0 Å². The van der Waals surface area contributed by atoms with E-state index >= 15 is 0 Å². The van der Waals surface area contributed by atoms with Crippen molar-refractivity contribution in [2.45, 2.75) is 12.8 Å². The summed E-state index contributed by atoms with van der Waals surface area (Å²) in [5.41, 5.74) is 1.06. The fraction of sp³-hybridized carbons (Fsp3) is 0.444. The predicted octanol–water partition coefficient (Wildman–Crippen LogP) is 2.38. The van der Waals surface area contributed by atoms with Gasteiger partial charge < -0.3 is 0 Å². The van der Waals surface area contributed by atoms with Gasteiger partial charge in [-0.2, -0.15) is 0 Å². The van der Waals surface area contributed by atoms with Crippen molar-refractivity contribution in [3.63, 3.8) is 0 Å². The van der Waals surface area contributed by atoms with E-state index in [1.165, 1.54) is 6.42 Å². The van der Waals surface area contributed by atoms with Crippen LogP contribution in [-0.2, 0) is 4.84 Å². The highest BCUT2D eigenvalue weighted by molar-refractivity contribution is 9.10. The fourth-order valence-electron chi connectivity index (χ4n) is 1.36. The minimum absolute atomic E-state index is 0.814. The first-order chi connectivity index (χ1) is 6.38. The van der Waals surface area contributed by atoms with Gasteiger partial charge in [-0.3, -0.25) is 14.9 Å². The third-order valence-corrected chi connectivity index (χ3v) is 2.63. The van der Waals surface area contributed by atoms with E-state index in [0.29, 0.717) is 0 Å². The molecule has 70 valence electrons. The Labute approximate surface area is 85.8 Å². The van der Waals surface area contributed by atoms with E-state index < -0.39 is 0 Å².